The fraction of sp³-hybridized carbons (Fsp3) is 0. The summed E-state index contributed by atoms with van der Waals surface area (Å²) in [5, 5.41) is 14.5. The minimum atomic E-state index is -0.422. The maximum Gasteiger partial charge on any atom is 0.324 e. The van der Waals surface area contributed by atoms with Crippen LogP contribution in [-0.2, 0) is 0 Å². The van der Waals surface area contributed by atoms with Crippen molar-refractivity contribution in [2.45, 2.75) is 0 Å². The first-order chi connectivity index (χ1) is 8.25. The van der Waals surface area contributed by atoms with Gasteiger partial charge in [0, 0.05) is 12.3 Å². The summed E-state index contributed by atoms with van der Waals surface area (Å²) in [5.74, 6) is 0.620. The second-order valence-corrected chi connectivity index (χ2v) is 4.11. The molecule has 0 aliphatic carbocycles. The summed E-state index contributed by atoms with van der Waals surface area (Å²) in [4.78, 5) is 14.8. The molecule has 0 saturated heterocycles. The van der Waals surface area contributed by atoms with E-state index in [1.165, 1.54) is 12.3 Å². The minimum Gasteiger partial charge on any atom is -0.261 e. The average molecular weight is 248 g/mol. The first kappa shape index (κ1) is 11.2. The zero-order chi connectivity index (χ0) is 12.1. The van der Waals surface area contributed by atoms with Crippen LogP contribution in [0.2, 0.25) is 0 Å². The lowest BCUT2D eigenvalue weighted by atomic mass is 10.5. The molecule has 7 heteroatoms. The molecule has 2 aromatic heterocycles. The van der Waals surface area contributed by atoms with Gasteiger partial charge in [-0.05, 0) is 18.2 Å². The highest BCUT2D eigenvalue weighted by Gasteiger charge is 2.07. The molecule has 0 bridgehead atoms. The zero-order valence-corrected chi connectivity index (χ0v) is 9.42. The standard InChI is InChI=1S/C10H8N4O2S/c15-14(16)10-5-4-8(17-10)7-12-13-9-3-1-2-6-11-9/h1-7H,(H,11,13)/b12-7-. The monoisotopic (exact) mass is 248 g/mol. The second kappa shape index (κ2) is 5.17. The van der Waals surface area contributed by atoms with E-state index < -0.39 is 4.92 Å². The Bertz CT molecular complexity index is 538. The predicted octanol–water partition coefficient (Wildman–Crippen LogP) is 2.50. The molecular formula is C10H8N4O2S. The topological polar surface area (TPSA) is 80.4 Å². The summed E-state index contributed by atoms with van der Waals surface area (Å²) in [6.45, 7) is 0. The third-order valence-electron chi connectivity index (χ3n) is 1.83. The van der Waals surface area contributed by atoms with Gasteiger partial charge in [0.2, 0.25) is 0 Å². The van der Waals surface area contributed by atoms with Gasteiger partial charge in [-0.25, -0.2) is 4.98 Å². The summed E-state index contributed by atoms with van der Waals surface area (Å²) in [5.41, 5.74) is 2.73. The molecule has 0 spiro atoms. The van der Waals surface area contributed by atoms with Crippen LogP contribution in [0.15, 0.2) is 41.6 Å². The van der Waals surface area contributed by atoms with E-state index in [0.29, 0.717) is 10.7 Å². The Kier molecular flexibility index (Phi) is 3.41. The smallest absolute Gasteiger partial charge is 0.261 e. The van der Waals surface area contributed by atoms with Crippen molar-refractivity contribution in [3.05, 3.63) is 51.5 Å². The van der Waals surface area contributed by atoms with Crippen molar-refractivity contribution >= 4 is 28.4 Å². The fourth-order valence-electron chi connectivity index (χ4n) is 1.10. The Morgan fingerprint density at radius 2 is 2.29 bits per heavy atom. The molecule has 6 nitrogen and oxygen atoms in total. The molecule has 0 aromatic carbocycles. The van der Waals surface area contributed by atoms with Crippen LogP contribution in [-0.4, -0.2) is 16.1 Å². The number of anilines is 1. The van der Waals surface area contributed by atoms with E-state index in [0.717, 1.165) is 11.3 Å². The third-order valence-corrected chi connectivity index (χ3v) is 2.80. The Labute approximate surface area is 101 Å². The Morgan fingerprint density at radius 3 is 2.94 bits per heavy atom. The lowest BCUT2D eigenvalue weighted by molar-refractivity contribution is -0.380. The highest BCUT2D eigenvalue weighted by molar-refractivity contribution is 7.16. The number of thiophene rings is 1. The molecule has 0 fully saturated rings. The van der Waals surface area contributed by atoms with Crippen LogP contribution in [0.5, 0.6) is 0 Å². The van der Waals surface area contributed by atoms with Crippen LogP contribution < -0.4 is 5.43 Å². The van der Waals surface area contributed by atoms with Gasteiger partial charge in [-0.1, -0.05) is 17.4 Å². The normalized spacial score (nSPS) is 10.6. The van der Waals surface area contributed by atoms with Crippen molar-refractivity contribution in [2.24, 2.45) is 5.10 Å². The van der Waals surface area contributed by atoms with E-state index in [9.17, 15) is 10.1 Å². The van der Waals surface area contributed by atoms with Crippen molar-refractivity contribution in [2.75, 3.05) is 5.43 Å². The van der Waals surface area contributed by atoms with Gasteiger partial charge in [0.25, 0.3) is 0 Å². The van der Waals surface area contributed by atoms with Gasteiger partial charge in [0.05, 0.1) is 16.0 Å². The van der Waals surface area contributed by atoms with Gasteiger partial charge in [-0.15, -0.1) is 0 Å². The first-order valence-corrected chi connectivity index (χ1v) is 5.52. The number of nitrogens with zero attached hydrogens (tertiary/aromatic N) is 3. The van der Waals surface area contributed by atoms with Gasteiger partial charge >= 0.3 is 5.00 Å². The van der Waals surface area contributed by atoms with Crippen molar-refractivity contribution in [3.8, 4) is 0 Å². The molecule has 0 amide bonds. The Balaban J connectivity index is 1.98. The molecule has 0 aliphatic rings. The van der Waals surface area contributed by atoms with Gasteiger partial charge in [-0.2, -0.15) is 5.10 Å². The van der Waals surface area contributed by atoms with Crippen LogP contribution in [0.3, 0.4) is 0 Å². The van der Waals surface area contributed by atoms with Crippen LogP contribution in [0.25, 0.3) is 0 Å². The molecule has 86 valence electrons. The number of pyridine rings is 1. The maximum atomic E-state index is 10.5. The summed E-state index contributed by atoms with van der Waals surface area (Å²) in [6.07, 6.45) is 3.17. The number of hydrogen-bond donors (Lipinski definition) is 1. The average Bonchev–Trinajstić information content (AvgIpc) is 2.79. The summed E-state index contributed by atoms with van der Waals surface area (Å²) in [7, 11) is 0. The molecule has 17 heavy (non-hydrogen) atoms. The second-order valence-electron chi connectivity index (χ2n) is 3.02. The zero-order valence-electron chi connectivity index (χ0n) is 8.61. The van der Waals surface area contributed by atoms with Crippen molar-refractivity contribution in [3.63, 3.8) is 0 Å². The molecule has 2 heterocycles. The van der Waals surface area contributed by atoms with Crippen molar-refractivity contribution in [1.82, 2.24) is 4.98 Å². The molecular weight excluding hydrogens is 240 g/mol. The summed E-state index contributed by atoms with van der Waals surface area (Å²) >= 11 is 1.07. The molecule has 0 atom stereocenters. The van der Waals surface area contributed by atoms with Crippen LogP contribution in [0, 0.1) is 10.1 Å². The predicted molar refractivity (Wildman–Crippen MR) is 66.4 cm³/mol. The maximum absolute atomic E-state index is 10.5. The number of hydrogen-bond acceptors (Lipinski definition) is 6. The molecule has 1 N–H and O–H groups in total. The van der Waals surface area contributed by atoms with Gasteiger partial charge < -0.3 is 0 Å². The van der Waals surface area contributed by atoms with Crippen molar-refractivity contribution < 1.29 is 4.92 Å². The number of aromatic nitrogens is 1. The van der Waals surface area contributed by atoms with E-state index in [-0.39, 0.29) is 5.00 Å². The summed E-state index contributed by atoms with van der Waals surface area (Å²) in [6, 6.07) is 8.51. The molecule has 0 unspecified atom stereocenters. The Morgan fingerprint density at radius 1 is 1.41 bits per heavy atom. The Hall–Kier alpha value is -2.28. The quantitative estimate of drug-likeness (QED) is 0.512. The largest absolute Gasteiger partial charge is 0.324 e. The molecule has 2 aromatic rings. The fourth-order valence-corrected chi connectivity index (χ4v) is 1.79. The molecule has 0 aliphatic heterocycles. The van der Waals surface area contributed by atoms with Crippen molar-refractivity contribution in [1.29, 1.82) is 0 Å². The van der Waals surface area contributed by atoms with E-state index in [1.807, 2.05) is 6.07 Å². The summed E-state index contributed by atoms with van der Waals surface area (Å²) < 4.78 is 0. The third kappa shape index (κ3) is 3.08. The van der Waals surface area contributed by atoms with Crippen LogP contribution in [0.1, 0.15) is 4.88 Å². The van der Waals surface area contributed by atoms with Crippen LogP contribution >= 0.6 is 11.3 Å². The SMILES string of the molecule is O=[N+]([O-])c1ccc(/C=N\Nc2ccccn2)s1. The molecule has 2 rings (SSSR count). The van der Waals surface area contributed by atoms with Gasteiger partial charge in [-0.3, -0.25) is 15.5 Å². The number of nitrogens with one attached hydrogen (secondary N) is 1. The number of rotatable bonds is 4. The number of nitro groups is 1. The van der Waals surface area contributed by atoms with E-state index >= 15 is 0 Å². The molecule has 0 saturated carbocycles. The lowest BCUT2D eigenvalue weighted by Crippen LogP contribution is -1.91. The van der Waals surface area contributed by atoms with E-state index in [2.05, 4.69) is 15.5 Å². The highest BCUT2D eigenvalue weighted by Crippen LogP contribution is 2.22. The highest BCUT2D eigenvalue weighted by atomic mass is 32.1. The van der Waals surface area contributed by atoms with E-state index in [1.54, 1.807) is 24.4 Å². The molecule has 0 radical (unpaired) electrons. The van der Waals surface area contributed by atoms with Crippen LogP contribution in [0.4, 0.5) is 10.8 Å². The van der Waals surface area contributed by atoms with Gasteiger partial charge in [0.1, 0.15) is 5.82 Å². The lowest BCUT2D eigenvalue weighted by Gasteiger charge is -1.95. The van der Waals surface area contributed by atoms with Gasteiger partial charge in [0.15, 0.2) is 0 Å². The van der Waals surface area contributed by atoms with E-state index in [4.69, 9.17) is 0 Å². The number of hydrazone groups is 1. The minimum absolute atomic E-state index is 0.101. The first-order valence-electron chi connectivity index (χ1n) is 4.70.